The summed E-state index contributed by atoms with van der Waals surface area (Å²) in [6, 6.07) is 12.4. The predicted octanol–water partition coefficient (Wildman–Crippen LogP) is 2.98. The first-order chi connectivity index (χ1) is 9.88. The molecule has 20 heavy (non-hydrogen) atoms. The number of hydrogen-bond acceptors (Lipinski definition) is 3. The van der Waals surface area contributed by atoms with E-state index in [0.717, 1.165) is 18.6 Å². The van der Waals surface area contributed by atoms with Gasteiger partial charge >= 0.3 is 0 Å². The largest absolute Gasteiger partial charge is 0.496 e. The number of nitriles is 1. The third-order valence-corrected chi connectivity index (χ3v) is 3.35. The van der Waals surface area contributed by atoms with Crippen LogP contribution in [0.5, 0.6) is 0 Å². The molecular formula is C16H15N3O. The van der Waals surface area contributed by atoms with Gasteiger partial charge in [0.1, 0.15) is 17.4 Å². The van der Waals surface area contributed by atoms with Gasteiger partial charge in [0.05, 0.1) is 6.61 Å². The van der Waals surface area contributed by atoms with E-state index in [2.05, 4.69) is 23.2 Å². The molecule has 4 nitrogen and oxygen atoms in total. The molecule has 2 heterocycles. The lowest BCUT2D eigenvalue weighted by molar-refractivity contribution is 0.265. The van der Waals surface area contributed by atoms with E-state index in [1.54, 1.807) is 6.20 Å². The molecule has 0 radical (unpaired) electrons. The van der Waals surface area contributed by atoms with Gasteiger partial charge in [-0.25, -0.2) is 4.98 Å². The SMILES string of the molecule is N#CC(=C1CCCO1)c1nccn1Cc1ccccc1. The van der Waals surface area contributed by atoms with E-state index >= 15 is 0 Å². The number of aromatic nitrogens is 2. The molecule has 1 aliphatic heterocycles. The summed E-state index contributed by atoms with van der Waals surface area (Å²) in [6.45, 7) is 1.40. The van der Waals surface area contributed by atoms with E-state index < -0.39 is 0 Å². The number of ether oxygens (including phenoxy) is 1. The van der Waals surface area contributed by atoms with Crippen LogP contribution >= 0.6 is 0 Å². The monoisotopic (exact) mass is 265 g/mol. The van der Waals surface area contributed by atoms with Gasteiger partial charge in [-0.1, -0.05) is 30.3 Å². The fourth-order valence-electron chi connectivity index (χ4n) is 2.38. The zero-order valence-electron chi connectivity index (χ0n) is 11.1. The van der Waals surface area contributed by atoms with Crippen molar-refractivity contribution in [1.82, 2.24) is 9.55 Å². The zero-order chi connectivity index (χ0) is 13.8. The maximum atomic E-state index is 9.41. The highest BCUT2D eigenvalue weighted by Crippen LogP contribution is 2.26. The first-order valence-corrected chi connectivity index (χ1v) is 6.70. The van der Waals surface area contributed by atoms with Gasteiger partial charge in [0.15, 0.2) is 5.82 Å². The van der Waals surface area contributed by atoms with Crippen LogP contribution in [-0.2, 0) is 11.3 Å². The summed E-state index contributed by atoms with van der Waals surface area (Å²) in [5.74, 6) is 1.46. The smallest absolute Gasteiger partial charge is 0.154 e. The second kappa shape index (κ2) is 5.62. The first kappa shape index (κ1) is 12.5. The average Bonchev–Trinajstić information content (AvgIpc) is 3.14. The number of imidazole rings is 1. The summed E-state index contributed by atoms with van der Waals surface area (Å²) in [6.07, 6.45) is 5.42. The van der Waals surface area contributed by atoms with Gasteiger partial charge in [-0.2, -0.15) is 5.26 Å². The molecule has 0 amide bonds. The third-order valence-electron chi connectivity index (χ3n) is 3.35. The Morgan fingerprint density at radius 3 is 2.90 bits per heavy atom. The van der Waals surface area contributed by atoms with E-state index in [4.69, 9.17) is 4.74 Å². The van der Waals surface area contributed by atoms with E-state index in [-0.39, 0.29) is 0 Å². The Morgan fingerprint density at radius 1 is 1.35 bits per heavy atom. The minimum atomic E-state index is 0.559. The van der Waals surface area contributed by atoms with Crippen molar-refractivity contribution in [2.75, 3.05) is 6.61 Å². The Bertz CT molecular complexity index is 657. The second-order valence-corrected chi connectivity index (χ2v) is 4.73. The quantitative estimate of drug-likeness (QED) is 0.802. The lowest BCUT2D eigenvalue weighted by atomic mass is 10.1. The first-order valence-electron chi connectivity index (χ1n) is 6.70. The highest BCUT2D eigenvalue weighted by molar-refractivity contribution is 5.74. The van der Waals surface area contributed by atoms with Crippen LogP contribution in [0.3, 0.4) is 0 Å². The van der Waals surface area contributed by atoms with Crippen LogP contribution in [0.2, 0.25) is 0 Å². The number of benzene rings is 1. The van der Waals surface area contributed by atoms with Gasteiger partial charge < -0.3 is 9.30 Å². The van der Waals surface area contributed by atoms with E-state index in [9.17, 15) is 5.26 Å². The van der Waals surface area contributed by atoms with Crippen molar-refractivity contribution in [2.45, 2.75) is 19.4 Å². The zero-order valence-corrected chi connectivity index (χ0v) is 11.1. The summed E-state index contributed by atoms with van der Waals surface area (Å²) in [4.78, 5) is 4.33. The third kappa shape index (κ3) is 2.43. The predicted molar refractivity (Wildman–Crippen MR) is 75.5 cm³/mol. The van der Waals surface area contributed by atoms with Crippen molar-refractivity contribution in [3.63, 3.8) is 0 Å². The Morgan fingerprint density at radius 2 is 2.20 bits per heavy atom. The summed E-state index contributed by atoms with van der Waals surface area (Å²) in [7, 11) is 0. The normalized spacial score (nSPS) is 16.6. The molecule has 0 N–H and O–H groups in total. The molecule has 100 valence electrons. The molecule has 4 heteroatoms. The molecule has 1 aromatic carbocycles. The maximum Gasteiger partial charge on any atom is 0.154 e. The Labute approximate surface area is 117 Å². The summed E-state index contributed by atoms with van der Waals surface area (Å²) in [5, 5.41) is 9.41. The Kier molecular flexibility index (Phi) is 3.51. The lowest BCUT2D eigenvalue weighted by Crippen LogP contribution is -2.05. The second-order valence-electron chi connectivity index (χ2n) is 4.73. The fraction of sp³-hybridized carbons (Fsp3) is 0.250. The molecule has 3 rings (SSSR count). The average molecular weight is 265 g/mol. The van der Waals surface area contributed by atoms with Crippen molar-refractivity contribution in [3.05, 3.63) is 59.9 Å². The minimum Gasteiger partial charge on any atom is -0.496 e. The van der Waals surface area contributed by atoms with E-state index in [0.29, 0.717) is 24.5 Å². The standard InChI is InChI=1S/C16H15N3O/c17-11-14(15-7-4-10-20-15)16-18-8-9-19(16)12-13-5-2-1-3-6-13/h1-3,5-6,8-9H,4,7,10,12H2. The molecule has 0 saturated carbocycles. The van der Waals surface area contributed by atoms with Gasteiger partial charge in [0.25, 0.3) is 0 Å². The molecule has 1 aromatic heterocycles. The van der Waals surface area contributed by atoms with Crippen LogP contribution in [0.25, 0.3) is 5.57 Å². The topological polar surface area (TPSA) is 50.8 Å². The van der Waals surface area contributed by atoms with Gasteiger partial charge in [-0.15, -0.1) is 0 Å². The van der Waals surface area contributed by atoms with Gasteiger partial charge in [-0.05, 0) is 12.0 Å². The van der Waals surface area contributed by atoms with Crippen molar-refractivity contribution in [3.8, 4) is 6.07 Å². The number of allylic oxidation sites excluding steroid dienone is 2. The maximum absolute atomic E-state index is 9.41. The van der Waals surface area contributed by atoms with E-state index in [1.165, 1.54) is 5.56 Å². The molecule has 0 atom stereocenters. The molecular weight excluding hydrogens is 250 g/mol. The van der Waals surface area contributed by atoms with Crippen LogP contribution in [0.15, 0.2) is 48.5 Å². The molecule has 1 saturated heterocycles. The van der Waals surface area contributed by atoms with Crippen molar-refractivity contribution in [2.24, 2.45) is 0 Å². The van der Waals surface area contributed by atoms with Crippen LogP contribution < -0.4 is 0 Å². The molecule has 0 bridgehead atoms. The number of rotatable bonds is 3. The van der Waals surface area contributed by atoms with Gasteiger partial charge in [-0.3, -0.25) is 0 Å². The molecule has 0 spiro atoms. The van der Waals surface area contributed by atoms with Crippen molar-refractivity contribution < 1.29 is 4.74 Å². The Hall–Kier alpha value is -2.54. The van der Waals surface area contributed by atoms with Gasteiger partial charge in [0.2, 0.25) is 0 Å². The molecule has 2 aromatic rings. The van der Waals surface area contributed by atoms with Crippen molar-refractivity contribution >= 4 is 5.57 Å². The fourth-order valence-corrected chi connectivity index (χ4v) is 2.38. The van der Waals surface area contributed by atoms with Crippen LogP contribution in [0.1, 0.15) is 24.2 Å². The van der Waals surface area contributed by atoms with Crippen LogP contribution in [0, 0.1) is 11.3 Å². The number of hydrogen-bond donors (Lipinski definition) is 0. The van der Waals surface area contributed by atoms with Crippen LogP contribution in [-0.4, -0.2) is 16.2 Å². The highest BCUT2D eigenvalue weighted by Gasteiger charge is 2.19. The summed E-state index contributed by atoms with van der Waals surface area (Å²) in [5.41, 5.74) is 1.74. The van der Waals surface area contributed by atoms with Gasteiger partial charge in [0, 0.05) is 25.4 Å². The molecule has 1 fully saturated rings. The Balaban J connectivity index is 1.94. The molecule has 1 aliphatic rings. The summed E-state index contributed by atoms with van der Waals surface area (Å²) < 4.78 is 7.53. The molecule has 0 unspecified atom stereocenters. The van der Waals surface area contributed by atoms with E-state index in [1.807, 2.05) is 29.0 Å². The molecule has 0 aliphatic carbocycles. The summed E-state index contributed by atoms with van der Waals surface area (Å²) >= 11 is 0. The highest BCUT2D eigenvalue weighted by atomic mass is 16.5. The van der Waals surface area contributed by atoms with Crippen molar-refractivity contribution in [1.29, 1.82) is 5.26 Å². The lowest BCUT2D eigenvalue weighted by Gasteiger charge is -2.08. The number of nitrogens with zero attached hydrogens (tertiary/aromatic N) is 3. The minimum absolute atomic E-state index is 0.559. The van der Waals surface area contributed by atoms with Crippen LogP contribution in [0.4, 0.5) is 0 Å².